The van der Waals surface area contributed by atoms with E-state index in [0.717, 1.165) is 17.5 Å². The molecule has 7 nitrogen and oxygen atoms in total. The first-order valence-electron chi connectivity index (χ1n) is 6.25. The first-order valence-corrected chi connectivity index (χ1v) is 6.62. The molecule has 0 amide bonds. The highest BCUT2D eigenvalue weighted by Gasteiger charge is 2.10. The first-order chi connectivity index (χ1) is 9.92. The van der Waals surface area contributed by atoms with Gasteiger partial charge in [-0.15, -0.1) is 10.2 Å². The Kier molecular flexibility index (Phi) is 4.23. The molecule has 0 unspecified atom stereocenters. The molecular weight excluding hydrogens is 292 g/mol. The molecule has 1 aromatic heterocycles. The predicted molar refractivity (Wildman–Crippen MR) is 82.3 cm³/mol. The molecule has 2 rings (SSSR count). The molecule has 2 aromatic rings. The van der Waals surface area contributed by atoms with Crippen LogP contribution in [0.5, 0.6) is 5.88 Å². The van der Waals surface area contributed by atoms with Crippen molar-refractivity contribution in [2.75, 3.05) is 11.5 Å². The van der Waals surface area contributed by atoms with Crippen molar-refractivity contribution in [2.45, 2.75) is 20.3 Å². The minimum Gasteiger partial charge on any atom is -0.492 e. The van der Waals surface area contributed by atoms with Crippen LogP contribution in [0, 0.1) is 6.92 Å². The third-order valence-corrected chi connectivity index (χ3v) is 3.27. The standard InChI is InChI=1S/C13H15ClN6O/c1-3-7-5-9(6(2)4-8(7)14)19-20-10-11(15)17-13(16)18-12(10)21/h4-5H,3H2,1-2H3,(H5,15,16,17,18,21)/b20-19+. The second-order valence-corrected chi connectivity index (χ2v) is 4.83. The largest absolute Gasteiger partial charge is 0.492 e. The lowest BCUT2D eigenvalue weighted by molar-refractivity contribution is 0.455. The Morgan fingerprint density at radius 2 is 1.95 bits per heavy atom. The molecule has 0 saturated heterocycles. The van der Waals surface area contributed by atoms with E-state index >= 15 is 0 Å². The summed E-state index contributed by atoms with van der Waals surface area (Å²) in [7, 11) is 0. The van der Waals surface area contributed by atoms with E-state index in [2.05, 4.69) is 20.2 Å². The van der Waals surface area contributed by atoms with Gasteiger partial charge in [-0.1, -0.05) is 18.5 Å². The Balaban J connectivity index is 2.43. The zero-order valence-corrected chi connectivity index (χ0v) is 12.4. The van der Waals surface area contributed by atoms with Crippen LogP contribution in [0.15, 0.2) is 22.4 Å². The van der Waals surface area contributed by atoms with Crippen molar-refractivity contribution in [3.8, 4) is 5.88 Å². The Hall–Kier alpha value is -2.41. The van der Waals surface area contributed by atoms with Crippen molar-refractivity contribution in [1.82, 2.24) is 9.97 Å². The average Bonchev–Trinajstić information content (AvgIpc) is 2.39. The summed E-state index contributed by atoms with van der Waals surface area (Å²) < 4.78 is 0. The molecule has 0 atom stereocenters. The van der Waals surface area contributed by atoms with Gasteiger partial charge in [0.05, 0.1) is 5.69 Å². The Labute approximate surface area is 126 Å². The number of azo groups is 1. The van der Waals surface area contributed by atoms with Gasteiger partial charge in [0.25, 0.3) is 0 Å². The van der Waals surface area contributed by atoms with Crippen LogP contribution in [-0.2, 0) is 6.42 Å². The van der Waals surface area contributed by atoms with E-state index in [0.29, 0.717) is 10.7 Å². The summed E-state index contributed by atoms with van der Waals surface area (Å²) in [5.74, 6) is -0.572. The number of aromatic hydroxyl groups is 1. The van der Waals surface area contributed by atoms with Crippen LogP contribution in [0.4, 0.5) is 23.1 Å². The zero-order valence-electron chi connectivity index (χ0n) is 11.6. The van der Waals surface area contributed by atoms with Crippen molar-refractivity contribution < 1.29 is 5.11 Å². The molecule has 0 aliphatic heterocycles. The van der Waals surface area contributed by atoms with Gasteiger partial charge in [0.2, 0.25) is 11.8 Å². The highest BCUT2D eigenvalue weighted by Crippen LogP contribution is 2.33. The van der Waals surface area contributed by atoms with Crippen molar-refractivity contribution in [2.24, 2.45) is 10.2 Å². The van der Waals surface area contributed by atoms with E-state index in [4.69, 9.17) is 23.1 Å². The van der Waals surface area contributed by atoms with Crippen LogP contribution in [-0.4, -0.2) is 15.1 Å². The molecular formula is C13H15ClN6O. The van der Waals surface area contributed by atoms with E-state index in [1.165, 1.54) is 0 Å². The number of benzene rings is 1. The molecule has 1 heterocycles. The molecule has 0 fully saturated rings. The second kappa shape index (κ2) is 5.92. The van der Waals surface area contributed by atoms with Crippen molar-refractivity contribution in [3.05, 3.63) is 28.3 Å². The molecule has 8 heteroatoms. The third kappa shape index (κ3) is 3.19. The summed E-state index contributed by atoms with van der Waals surface area (Å²) >= 11 is 6.12. The highest BCUT2D eigenvalue weighted by molar-refractivity contribution is 6.31. The van der Waals surface area contributed by atoms with Gasteiger partial charge in [0.15, 0.2) is 11.5 Å². The lowest BCUT2D eigenvalue weighted by atomic mass is 10.1. The average molecular weight is 307 g/mol. The number of nitrogen functional groups attached to an aromatic ring is 2. The minimum absolute atomic E-state index is 0.0170. The van der Waals surface area contributed by atoms with E-state index < -0.39 is 5.88 Å². The van der Waals surface area contributed by atoms with E-state index in [-0.39, 0.29) is 17.5 Å². The van der Waals surface area contributed by atoms with Gasteiger partial charge < -0.3 is 16.6 Å². The van der Waals surface area contributed by atoms with Gasteiger partial charge in [-0.25, -0.2) is 0 Å². The van der Waals surface area contributed by atoms with Crippen LogP contribution < -0.4 is 11.5 Å². The van der Waals surface area contributed by atoms with Crippen LogP contribution in [0.1, 0.15) is 18.1 Å². The lowest BCUT2D eigenvalue weighted by Gasteiger charge is -2.06. The molecule has 110 valence electrons. The number of hydrogen-bond acceptors (Lipinski definition) is 7. The molecule has 0 radical (unpaired) electrons. The molecule has 0 bridgehead atoms. The number of rotatable bonds is 3. The number of anilines is 2. The summed E-state index contributed by atoms with van der Waals surface area (Å²) in [6, 6.07) is 3.66. The maximum atomic E-state index is 9.68. The zero-order chi connectivity index (χ0) is 15.6. The number of hydrogen-bond donors (Lipinski definition) is 3. The number of nitrogens with two attached hydrogens (primary N) is 2. The molecule has 5 N–H and O–H groups in total. The molecule has 0 spiro atoms. The molecule has 0 saturated carbocycles. The first kappa shape index (κ1) is 15.0. The second-order valence-electron chi connectivity index (χ2n) is 4.42. The number of aryl methyl sites for hydroxylation is 2. The molecule has 0 aliphatic rings. The summed E-state index contributed by atoms with van der Waals surface area (Å²) in [5.41, 5.74) is 13.4. The summed E-state index contributed by atoms with van der Waals surface area (Å²) in [4.78, 5) is 7.31. The number of nitrogens with zero attached hydrogens (tertiary/aromatic N) is 4. The predicted octanol–water partition coefficient (Wildman–Crippen LogP) is 3.29. The smallest absolute Gasteiger partial charge is 0.246 e. The van der Waals surface area contributed by atoms with Gasteiger partial charge in [0.1, 0.15) is 0 Å². The van der Waals surface area contributed by atoms with Crippen LogP contribution >= 0.6 is 11.6 Å². The van der Waals surface area contributed by atoms with Gasteiger partial charge in [-0.3, -0.25) is 0 Å². The van der Waals surface area contributed by atoms with Gasteiger partial charge in [-0.2, -0.15) is 9.97 Å². The highest BCUT2D eigenvalue weighted by atomic mass is 35.5. The number of aromatic nitrogens is 2. The molecule has 0 aliphatic carbocycles. The molecule has 1 aromatic carbocycles. The van der Waals surface area contributed by atoms with Crippen molar-refractivity contribution >= 4 is 34.7 Å². The molecule has 21 heavy (non-hydrogen) atoms. The fourth-order valence-electron chi connectivity index (χ4n) is 1.76. The summed E-state index contributed by atoms with van der Waals surface area (Å²) in [6.07, 6.45) is 0.778. The normalized spacial score (nSPS) is 11.2. The fraction of sp³-hybridized carbons (Fsp3) is 0.231. The van der Waals surface area contributed by atoms with E-state index in [1.54, 1.807) is 0 Å². The third-order valence-electron chi connectivity index (χ3n) is 2.91. The summed E-state index contributed by atoms with van der Waals surface area (Å²) in [5, 5.41) is 18.4. The lowest BCUT2D eigenvalue weighted by Crippen LogP contribution is -1.99. The van der Waals surface area contributed by atoms with E-state index in [9.17, 15) is 5.11 Å². The van der Waals surface area contributed by atoms with Crippen LogP contribution in [0.2, 0.25) is 5.02 Å². The summed E-state index contributed by atoms with van der Waals surface area (Å²) in [6.45, 7) is 3.86. The van der Waals surface area contributed by atoms with E-state index in [1.807, 2.05) is 26.0 Å². The Morgan fingerprint density at radius 1 is 1.24 bits per heavy atom. The monoisotopic (exact) mass is 306 g/mol. The Bertz CT molecular complexity index is 693. The van der Waals surface area contributed by atoms with Crippen molar-refractivity contribution in [3.63, 3.8) is 0 Å². The van der Waals surface area contributed by atoms with Crippen LogP contribution in [0.3, 0.4) is 0 Å². The topological polar surface area (TPSA) is 123 Å². The van der Waals surface area contributed by atoms with Gasteiger partial charge in [0, 0.05) is 5.02 Å². The quantitative estimate of drug-likeness (QED) is 0.751. The fourth-order valence-corrected chi connectivity index (χ4v) is 2.11. The minimum atomic E-state index is -0.411. The Morgan fingerprint density at radius 3 is 2.57 bits per heavy atom. The maximum absolute atomic E-state index is 9.68. The maximum Gasteiger partial charge on any atom is 0.246 e. The SMILES string of the molecule is CCc1cc(/N=N/c2c(N)nc(N)nc2O)c(C)cc1Cl. The van der Waals surface area contributed by atoms with Crippen LogP contribution in [0.25, 0.3) is 0 Å². The van der Waals surface area contributed by atoms with Crippen molar-refractivity contribution in [1.29, 1.82) is 0 Å². The van der Waals surface area contributed by atoms with Gasteiger partial charge >= 0.3 is 0 Å². The number of halogens is 1. The van der Waals surface area contributed by atoms with Gasteiger partial charge in [-0.05, 0) is 36.6 Å².